The Balaban J connectivity index is 0.000000219. The second kappa shape index (κ2) is 17.1. The quantitative estimate of drug-likeness (QED) is 0.169. The first-order chi connectivity index (χ1) is 20.8. The Morgan fingerprint density at radius 2 is 1.16 bits per heavy atom. The average molecular weight is 666 g/mol. The molecule has 230 valence electrons. The SMILES string of the molecule is CC(=O)O.NCc1cc(Cl)ccc1-n1cnnn1.Nc1ccc(Cl)cc1C(=O)O.O=C(O)c1cc(Cl)ccc1-n1cnnn1. The van der Waals surface area contributed by atoms with Gasteiger partial charge in [-0.1, -0.05) is 34.8 Å². The topological polar surface area (TPSA) is 251 Å². The lowest BCUT2D eigenvalue weighted by Gasteiger charge is -2.06. The van der Waals surface area contributed by atoms with Gasteiger partial charge in [0.15, 0.2) is 0 Å². The third kappa shape index (κ3) is 10.9. The highest BCUT2D eigenvalue weighted by atomic mass is 35.5. The van der Waals surface area contributed by atoms with Gasteiger partial charge in [0, 0.05) is 34.2 Å². The molecule has 0 aliphatic rings. The largest absolute Gasteiger partial charge is 0.481 e. The first kappa shape index (κ1) is 35.0. The van der Waals surface area contributed by atoms with Crippen molar-refractivity contribution in [2.45, 2.75) is 13.5 Å². The third-order valence-corrected chi connectivity index (χ3v) is 5.59. The molecule has 3 aromatic carbocycles. The number of aromatic nitrogens is 8. The molecule has 0 aliphatic carbocycles. The predicted octanol–water partition coefficient (Wildman–Crippen LogP) is 3.50. The summed E-state index contributed by atoms with van der Waals surface area (Å²) in [6.07, 6.45) is 2.83. The van der Waals surface area contributed by atoms with Gasteiger partial charge in [-0.3, -0.25) is 4.79 Å². The molecule has 0 radical (unpaired) electrons. The lowest BCUT2D eigenvalue weighted by Crippen LogP contribution is -2.06. The second-order valence-corrected chi connectivity index (χ2v) is 9.32. The van der Waals surface area contributed by atoms with Crippen LogP contribution in [0.3, 0.4) is 0 Å². The number of tetrazole rings is 2. The van der Waals surface area contributed by atoms with E-state index in [0.717, 1.165) is 18.2 Å². The number of anilines is 1. The van der Waals surface area contributed by atoms with Gasteiger partial charge in [-0.15, -0.1) is 10.2 Å². The Labute approximate surface area is 263 Å². The van der Waals surface area contributed by atoms with Crippen LogP contribution >= 0.6 is 34.8 Å². The number of rotatable bonds is 5. The zero-order chi connectivity index (χ0) is 32.8. The van der Waals surface area contributed by atoms with Gasteiger partial charge in [0.1, 0.15) is 12.7 Å². The molecule has 7 N–H and O–H groups in total. The van der Waals surface area contributed by atoms with Gasteiger partial charge in [-0.05, 0) is 81.0 Å². The van der Waals surface area contributed by atoms with Crippen molar-refractivity contribution in [1.82, 2.24) is 40.4 Å². The van der Waals surface area contributed by atoms with Gasteiger partial charge < -0.3 is 26.8 Å². The van der Waals surface area contributed by atoms with E-state index in [4.69, 9.17) is 66.4 Å². The number of carboxylic acids is 3. The molecular formula is C25H23Cl3N10O6. The zero-order valence-corrected chi connectivity index (χ0v) is 24.8. The first-order valence-electron chi connectivity index (χ1n) is 11.8. The molecule has 5 aromatic rings. The highest BCUT2D eigenvalue weighted by Crippen LogP contribution is 2.20. The number of nitrogens with two attached hydrogens (primary N) is 2. The van der Waals surface area contributed by atoms with Crippen molar-refractivity contribution in [3.8, 4) is 11.4 Å². The fraction of sp³-hybridized carbons (Fsp3) is 0.0800. The van der Waals surface area contributed by atoms with Crippen molar-refractivity contribution >= 4 is 58.4 Å². The van der Waals surface area contributed by atoms with Crippen LogP contribution in [0, 0.1) is 0 Å². The molecular weight excluding hydrogens is 643 g/mol. The molecule has 2 aromatic heterocycles. The minimum absolute atomic E-state index is 0.0394. The number of hydrogen-bond donors (Lipinski definition) is 5. The number of carbonyl (C=O) groups is 3. The smallest absolute Gasteiger partial charge is 0.337 e. The Morgan fingerprint density at radius 3 is 1.59 bits per heavy atom. The fourth-order valence-electron chi connectivity index (χ4n) is 3.08. The molecule has 0 fully saturated rings. The molecule has 0 unspecified atom stereocenters. The lowest BCUT2D eigenvalue weighted by molar-refractivity contribution is -0.134. The Kier molecular flexibility index (Phi) is 13.6. The number of hydrogen-bond acceptors (Lipinski definition) is 11. The van der Waals surface area contributed by atoms with E-state index in [1.165, 1.54) is 35.5 Å². The number of aliphatic carboxylic acids is 1. The summed E-state index contributed by atoms with van der Waals surface area (Å²) in [7, 11) is 0. The van der Waals surface area contributed by atoms with Gasteiger partial charge in [-0.25, -0.2) is 14.3 Å². The summed E-state index contributed by atoms with van der Waals surface area (Å²) in [5, 5.41) is 47.7. The van der Waals surface area contributed by atoms with Gasteiger partial charge >= 0.3 is 11.9 Å². The summed E-state index contributed by atoms with van der Waals surface area (Å²) in [5.41, 5.74) is 13.4. The molecule has 0 atom stereocenters. The van der Waals surface area contributed by atoms with E-state index in [0.29, 0.717) is 27.3 Å². The summed E-state index contributed by atoms with van der Waals surface area (Å²) in [5.74, 6) is -2.98. The van der Waals surface area contributed by atoms with E-state index < -0.39 is 17.9 Å². The van der Waals surface area contributed by atoms with Gasteiger partial charge in [0.2, 0.25) is 0 Å². The van der Waals surface area contributed by atoms with Crippen molar-refractivity contribution in [2.24, 2.45) is 5.73 Å². The summed E-state index contributed by atoms with van der Waals surface area (Å²) >= 11 is 17.1. The van der Waals surface area contributed by atoms with Crippen LogP contribution in [-0.4, -0.2) is 73.6 Å². The number of nitrogen functional groups attached to an aromatic ring is 1. The summed E-state index contributed by atoms with van der Waals surface area (Å²) in [6.45, 7) is 1.48. The van der Waals surface area contributed by atoms with E-state index in [1.807, 2.05) is 6.07 Å². The maximum Gasteiger partial charge on any atom is 0.337 e. The molecule has 0 bridgehead atoms. The number of aromatic carboxylic acids is 2. The van der Waals surface area contributed by atoms with Crippen LogP contribution < -0.4 is 11.5 Å². The van der Waals surface area contributed by atoms with Crippen LogP contribution in [-0.2, 0) is 11.3 Å². The van der Waals surface area contributed by atoms with Crippen molar-refractivity contribution < 1.29 is 29.7 Å². The Bertz CT molecular complexity index is 1700. The van der Waals surface area contributed by atoms with Crippen LogP contribution in [0.2, 0.25) is 15.1 Å². The van der Waals surface area contributed by atoms with Crippen LogP contribution in [0.4, 0.5) is 5.69 Å². The molecule has 0 amide bonds. The van der Waals surface area contributed by atoms with Gasteiger partial charge in [0.25, 0.3) is 5.97 Å². The van der Waals surface area contributed by atoms with E-state index in [1.54, 1.807) is 35.0 Å². The molecule has 2 heterocycles. The predicted molar refractivity (Wildman–Crippen MR) is 159 cm³/mol. The molecule has 0 saturated heterocycles. The number of carboxylic acid groups (broad SMARTS) is 3. The van der Waals surface area contributed by atoms with E-state index in [2.05, 4.69) is 31.1 Å². The van der Waals surface area contributed by atoms with Gasteiger partial charge in [-0.2, -0.15) is 4.68 Å². The highest BCUT2D eigenvalue weighted by Gasteiger charge is 2.13. The standard InChI is InChI=1S/C8H8ClN5.C8H5ClN4O2.C7H6ClNO2.C2H4O2/c9-7-1-2-8(6(3-7)4-10)14-5-11-12-13-14;9-5-1-2-7(6(3-5)8(14)15)13-4-10-11-12-13;8-4-1-2-6(9)5(3-4)7(10)11;1-2(3)4/h1-3,5H,4,10H2;1-4H,(H,14,15);1-3H,9H2,(H,10,11);1H3,(H,3,4). The first-order valence-corrected chi connectivity index (χ1v) is 12.9. The van der Waals surface area contributed by atoms with E-state index in [9.17, 15) is 9.59 Å². The van der Waals surface area contributed by atoms with Crippen LogP contribution in [0.1, 0.15) is 33.2 Å². The normalized spacial score (nSPS) is 9.75. The second-order valence-electron chi connectivity index (χ2n) is 8.01. The van der Waals surface area contributed by atoms with Gasteiger partial charge in [0.05, 0.1) is 22.5 Å². The van der Waals surface area contributed by atoms with Crippen LogP contribution in [0.5, 0.6) is 0 Å². The van der Waals surface area contributed by atoms with Crippen LogP contribution in [0.25, 0.3) is 11.4 Å². The van der Waals surface area contributed by atoms with Crippen molar-refractivity contribution in [3.05, 3.63) is 99.0 Å². The zero-order valence-electron chi connectivity index (χ0n) is 22.5. The van der Waals surface area contributed by atoms with E-state index >= 15 is 0 Å². The molecule has 44 heavy (non-hydrogen) atoms. The molecule has 0 spiro atoms. The molecule has 0 aliphatic heterocycles. The Hall–Kier alpha value is -5.16. The third-order valence-electron chi connectivity index (χ3n) is 4.89. The summed E-state index contributed by atoms with van der Waals surface area (Å²) < 4.78 is 2.82. The number of nitrogens with zero attached hydrogens (tertiary/aromatic N) is 8. The number of benzene rings is 3. The minimum Gasteiger partial charge on any atom is -0.481 e. The average Bonchev–Trinajstić information content (AvgIpc) is 3.70. The van der Waals surface area contributed by atoms with Crippen molar-refractivity contribution in [3.63, 3.8) is 0 Å². The maximum atomic E-state index is 10.9. The van der Waals surface area contributed by atoms with Crippen LogP contribution in [0.15, 0.2) is 67.3 Å². The summed E-state index contributed by atoms with van der Waals surface area (Å²) in [4.78, 5) is 30.4. The monoisotopic (exact) mass is 664 g/mol. The van der Waals surface area contributed by atoms with Crippen molar-refractivity contribution in [2.75, 3.05) is 5.73 Å². The minimum atomic E-state index is -1.08. The Morgan fingerprint density at radius 1 is 0.727 bits per heavy atom. The maximum absolute atomic E-state index is 10.9. The van der Waals surface area contributed by atoms with E-state index in [-0.39, 0.29) is 16.8 Å². The molecule has 0 saturated carbocycles. The molecule has 16 nitrogen and oxygen atoms in total. The summed E-state index contributed by atoms with van der Waals surface area (Å²) in [6, 6.07) is 14.2. The number of halogens is 3. The van der Waals surface area contributed by atoms with Crippen molar-refractivity contribution in [1.29, 1.82) is 0 Å². The highest BCUT2D eigenvalue weighted by molar-refractivity contribution is 6.31. The lowest BCUT2D eigenvalue weighted by atomic mass is 10.2. The molecule has 5 rings (SSSR count). The fourth-order valence-corrected chi connectivity index (χ4v) is 3.62. The molecule has 19 heteroatoms.